The molecule has 0 bridgehead atoms. The van der Waals surface area contributed by atoms with Gasteiger partial charge < -0.3 is 14.7 Å². The van der Waals surface area contributed by atoms with Crippen molar-refractivity contribution in [2.75, 3.05) is 40.8 Å². The molecule has 98 valence electrons. The highest BCUT2D eigenvalue weighted by molar-refractivity contribution is 5.74. The van der Waals surface area contributed by atoms with E-state index < -0.39 is 0 Å². The fraction of sp³-hybridized carbons (Fsp3) is 0.923. The van der Waals surface area contributed by atoms with Crippen LogP contribution in [0.25, 0.3) is 0 Å². The van der Waals surface area contributed by atoms with Crippen molar-refractivity contribution >= 4 is 6.03 Å². The molecule has 0 aromatic carbocycles. The lowest BCUT2D eigenvalue weighted by Crippen LogP contribution is -2.58. The van der Waals surface area contributed by atoms with Gasteiger partial charge in [-0.1, -0.05) is 0 Å². The summed E-state index contributed by atoms with van der Waals surface area (Å²) in [5, 5.41) is 0. The van der Waals surface area contributed by atoms with Crippen molar-refractivity contribution in [2.24, 2.45) is 0 Å². The molecule has 0 aromatic heterocycles. The molecule has 2 fully saturated rings. The Kier molecular flexibility index (Phi) is 3.61. The first-order chi connectivity index (χ1) is 8.05. The highest BCUT2D eigenvalue weighted by Crippen LogP contribution is 2.36. The van der Waals surface area contributed by atoms with E-state index in [0.717, 1.165) is 19.6 Å². The standard InChI is InChI=1S/C13H25N3O/c1-14(2)13(7-6-8-13)11-15(3)12(17)16-9-4-5-10-16/h4-11H2,1-3H3. The largest absolute Gasteiger partial charge is 0.326 e. The highest BCUT2D eigenvalue weighted by atomic mass is 16.2. The van der Waals surface area contributed by atoms with Crippen LogP contribution in [0.15, 0.2) is 0 Å². The van der Waals surface area contributed by atoms with E-state index >= 15 is 0 Å². The predicted octanol–water partition coefficient (Wildman–Crippen LogP) is 1.62. The zero-order valence-electron chi connectivity index (χ0n) is 11.4. The van der Waals surface area contributed by atoms with Crippen LogP contribution in [-0.2, 0) is 0 Å². The van der Waals surface area contributed by atoms with Gasteiger partial charge in [0.25, 0.3) is 0 Å². The van der Waals surface area contributed by atoms with Crippen molar-refractivity contribution in [1.82, 2.24) is 14.7 Å². The molecule has 1 aliphatic heterocycles. The van der Waals surface area contributed by atoms with Gasteiger partial charge in [-0.3, -0.25) is 0 Å². The lowest BCUT2D eigenvalue weighted by Gasteiger charge is -2.49. The summed E-state index contributed by atoms with van der Waals surface area (Å²) >= 11 is 0. The van der Waals surface area contributed by atoms with Crippen molar-refractivity contribution in [3.05, 3.63) is 0 Å². The van der Waals surface area contributed by atoms with Gasteiger partial charge in [0.15, 0.2) is 0 Å². The summed E-state index contributed by atoms with van der Waals surface area (Å²) in [6.07, 6.45) is 6.07. The van der Waals surface area contributed by atoms with Crippen LogP contribution in [0.2, 0.25) is 0 Å². The molecule has 1 saturated heterocycles. The average Bonchev–Trinajstić information content (AvgIpc) is 2.74. The molecular formula is C13H25N3O. The van der Waals surface area contributed by atoms with Gasteiger partial charge in [-0.05, 0) is 46.2 Å². The molecule has 1 heterocycles. The van der Waals surface area contributed by atoms with Crippen LogP contribution in [-0.4, -0.2) is 67.0 Å². The third-order valence-electron chi connectivity index (χ3n) is 4.47. The third kappa shape index (κ3) is 2.41. The van der Waals surface area contributed by atoms with Crippen molar-refractivity contribution in [1.29, 1.82) is 0 Å². The number of urea groups is 1. The van der Waals surface area contributed by atoms with Gasteiger partial charge in [0.05, 0.1) is 0 Å². The minimum atomic E-state index is 0.218. The summed E-state index contributed by atoms with van der Waals surface area (Å²) in [4.78, 5) is 18.4. The molecule has 17 heavy (non-hydrogen) atoms. The molecule has 0 atom stereocenters. The van der Waals surface area contributed by atoms with E-state index in [4.69, 9.17) is 0 Å². The van der Waals surface area contributed by atoms with Gasteiger partial charge in [-0.25, -0.2) is 4.79 Å². The van der Waals surface area contributed by atoms with Gasteiger partial charge in [-0.15, -0.1) is 0 Å². The van der Waals surface area contributed by atoms with Crippen molar-refractivity contribution in [2.45, 2.75) is 37.6 Å². The molecule has 0 aromatic rings. The maximum Gasteiger partial charge on any atom is 0.319 e. The number of hydrogen-bond donors (Lipinski definition) is 0. The van der Waals surface area contributed by atoms with E-state index in [0.29, 0.717) is 0 Å². The van der Waals surface area contributed by atoms with E-state index in [1.807, 2.05) is 16.8 Å². The van der Waals surface area contributed by atoms with E-state index in [9.17, 15) is 4.79 Å². The maximum atomic E-state index is 12.2. The maximum absolute atomic E-state index is 12.2. The molecule has 0 N–H and O–H groups in total. The van der Waals surface area contributed by atoms with Gasteiger partial charge >= 0.3 is 6.03 Å². The van der Waals surface area contributed by atoms with E-state index in [1.165, 1.54) is 32.1 Å². The first-order valence-electron chi connectivity index (χ1n) is 6.73. The number of hydrogen-bond acceptors (Lipinski definition) is 2. The molecule has 2 rings (SSSR count). The molecule has 0 radical (unpaired) electrons. The second kappa shape index (κ2) is 4.84. The quantitative estimate of drug-likeness (QED) is 0.748. The lowest BCUT2D eigenvalue weighted by molar-refractivity contribution is 0.0325. The van der Waals surface area contributed by atoms with Crippen LogP contribution in [0.5, 0.6) is 0 Å². The van der Waals surface area contributed by atoms with Crippen molar-refractivity contribution in [3.8, 4) is 0 Å². The zero-order chi connectivity index (χ0) is 12.5. The normalized spacial score (nSPS) is 22.7. The first kappa shape index (κ1) is 12.7. The number of likely N-dealkylation sites (tertiary alicyclic amines) is 1. The number of carbonyl (C=O) groups excluding carboxylic acids is 1. The second-order valence-electron chi connectivity index (χ2n) is 5.81. The number of likely N-dealkylation sites (N-methyl/N-ethyl adjacent to an activating group) is 2. The van der Waals surface area contributed by atoms with Gasteiger partial charge in [-0.2, -0.15) is 0 Å². The Bertz CT molecular complexity index is 280. The van der Waals surface area contributed by atoms with Crippen LogP contribution in [0.4, 0.5) is 4.79 Å². The Balaban J connectivity index is 1.91. The minimum Gasteiger partial charge on any atom is -0.326 e. The third-order valence-corrected chi connectivity index (χ3v) is 4.47. The van der Waals surface area contributed by atoms with Gasteiger partial charge in [0, 0.05) is 32.2 Å². The van der Waals surface area contributed by atoms with Gasteiger partial charge in [0.1, 0.15) is 0 Å². The van der Waals surface area contributed by atoms with Crippen LogP contribution in [0.3, 0.4) is 0 Å². The summed E-state index contributed by atoms with van der Waals surface area (Å²) in [5.41, 5.74) is 0.240. The fourth-order valence-electron chi connectivity index (χ4n) is 2.99. The lowest BCUT2D eigenvalue weighted by atomic mass is 9.75. The summed E-state index contributed by atoms with van der Waals surface area (Å²) < 4.78 is 0. The number of amides is 2. The molecule has 2 amide bonds. The van der Waals surface area contributed by atoms with Crippen molar-refractivity contribution in [3.63, 3.8) is 0 Å². The SMILES string of the molecule is CN(CC1(N(C)C)CCC1)C(=O)N1CCCC1. The van der Waals surface area contributed by atoms with Crippen LogP contribution in [0.1, 0.15) is 32.1 Å². The Morgan fingerprint density at radius 2 is 1.71 bits per heavy atom. The number of rotatable bonds is 3. The second-order valence-corrected chi connectivity index (χ2v) is 5.81. The number of carbonyl (C=O) groups is 1. The molecule has 1 aliphatic carbocycles. The summed E-state index contributed by atoms with van der Waals surface area (Å²) in [6, 6.07) is 0.218. The molecule has 4 nitrogen and oxygen atoms in total. The predicted molar refractivity (Wildman–Crippen MR) is 69.1 cm³/mol. The molecule has 0 unspecified atom stereocenters. The van der Waals surface area contributed by atoms with E-state index in [-0.39, 0.29) is 11.6 Å². The highest BCUT2D eigenvalue weighted by Gasteiger charge is 2.41. The Morgan fingerprint density at radius 1 is 1.12 bits per heavy atom. The first-order valence-corrected chi connectivity index (χ1v) is 6.73. The average molecular weight is 239 g/mol. The van der Waals surface area contributed by atoms with Gasteiger partial charge in [0.2, 0.25) is 0 Å². The van der Waals surface area contributed by atoms with Crippen LogP contribution < -0.4 is 0 Å². The summed E-state index contributed by atoms with van der Waals surface area (Å²) in [7, 11) is 6.21. The smallest absolute Gasteiger partial charge is 0.319 e. The van der Waals surface area contributed by atoms with Crippen LogP contribution >= 0.6 is 0 Å². The monoisotopic (exact) mass is 239 g/mol. The Morgan fingerprint density at radius 3 is 2.12 bits per heavy atom. The molecule has 2 aliphatic rings. The van der Waals surface area contributed by atoms with E-state index in [2.05, 4.69) is 19.0 Å². The Labute approximate surface area is 105 Å². The minimum absolute atomic E-state index is 0.218. The summed E-state index contributed by atoms with van der Waals surface area (Å²) in [6.45, 7) is 2.76. The van der Waals surface area contributed by atoms with Crippen LogP contribution in [0, 0.1) is 0 Å². The fourth-order valence-corrected chi connectivity index (χ4v) is 2.99. The van der Waals surface area contributed by atoms with Crippen molar-refractivity contribution < 1.29 is 4.79 Å². The summed E-state index contributed by atoms with van der Waals surface area (Å²) in [5.74, 6) is 0. The van der Waals surface area contributed by atoms with E-state index in [1.54, 1.807) is 0 Å². The molecule has 0 spiro atoms. The molecular weight excluding hydrogens is 214 g/mol. The zero-order valence-corrected chi connectivity index (χ0v) is 11.4. The topological polar surface area (TPSA) is 26.8 Å². The molecule has 4 heteroatoms. The molecule has 1 saturated carbocycles. The number of nitrogens with zero attached hydrogens (tertiary/aromatic N) is 3. The Hall–Kier alpha value is -0.770.